The quantitative estimate of drug-likeness (QED) is 0.583. The first-order valence-corrected chi connectivity index (χ1v) is 8.95. The summed E-state index contributed by atoms with van der Waals surface area (Å²) in [5.74, 6) is -2.32. The van der Waals surface area contributed by atoms with Crippen LogP contribution in [0.5, 0.6) is 0 Å². The van der Waals surface area contributed by atoms with E-state index >= 15 is 0 Å². The summed E-state index contributed by atoms with van der Waals surface area (Å²) in [6.07, 6.45) is 1.58. The lowest BCUT2D eigenvalue weighted by Gasteiger charge is -2.27. The fourth-order valence-electron chi connectivity index (χ4n) is 2.61. The van der Waals surface area contributed by atoms with Gasteiger partial charge < -0.3 is 9.90 Å². The summed E-state index contributed by atoms with van der Waals surface area (Å²) in [4.78, 5) is 25.7. The molecule has 1 heterocycles. The summed E-state index contributed by atoms with van der Waals surface area (Å²) in [6, 6.07) is 13.5. The number of carboxylic acids is 1. The van der Waals surface area contributed by atoms with Gasteiger partial charge in [-0.2, -0.15) is 0 Å². The molecule has 0 bridgehead atoms. The smallest absolute Gasteiger partial charge is 0.266 e. The molecule has 0 N–H and O–H groups in total. The molecule has 1 aliphatic heterocycles. The summed E-state index contributed by atoms with van der Waals surface area (Å²) >= 11 is 6.20. The second-order valence-electron chi connectivity index (χ2n) is 5.63. The molecule has 4 nitrogen and oxygen atoms in total. The van der Waals surface area contributed by atoms with E-state index in [9.17, 15) is 19.1 Å². The minimum absolute atomic E-state index is 0.0862. The van der Waals surface area contributed by atoms with E-state index in [2.05, 4.69) is 0 Å². The van der Waals surface area contributed by atoms with Gasteiger partial charge in [0.05, 0.1) is 16.9 Å². The Kier molecular flexibility index (Phi) is 5.49. The van der Waals surface area contributed by atoms with Crippen molar-refractivity contribution in [1.29, 1.82) is 0 Å². The molecular weight excluding hydrogens is 373 g/mol. The van der Waals surface area contributed by atoms with Gasteiger partial charge in [0.25, 0.3) is 5.91 Å². The molecule has 1 aliphatic rings. The number of benzene rings is 2. The lowest BCUT2D eigenvalue weighted by molar-refractivity contribution is -0.310. The van der Waals surface area contributed by atoms with Crippen molar-refractivity contribution in [3.05, 3.63) is 76.4 Å². The Morgan fingerprint density at radius 1 is 1.23 bits per heavy atom. The van der Waals surface area contributed by atoms with Crippen molar-refractivity contribution in [1.82, 2.24) is 4.90 Å². The number of halogens is 1. The van der Waals surface area contributed by atoms with E-state index in [1.807, 2.05) is 6.07 Å². The maximum Gasteiger partial charge on any atom is 0.266 e. The van der Waals surface area contributed by atoms with Gasteiger partial charge in [-0.25, -0.2) is 4.39 Å². The second-order valence-corrected chi connectivity index (χ2v) is 7.31. The molecule has 1 fully saturated rings. The summed E-state index contributed by atoms with van der Waals surface area (Å²) in [6.45, 7) is 0. The molecule has 132 valence electrons. The zero-order valence-corrected chi connectivity index (χ0v) is 15.1. The van der Waals surface area contributed by atoms with E-state index < -0.39 is 23.7 Å². The highest BCUT2D eigenvalue weighted by atomic mass is 32.2. The summed E-state index contributed by atoms with van der Waals surface area (Å²) in [5.41, 5.74) is 1.25. The van der Waals surface area contributed by atoms with E-state index in [4.69, 9.17) is 12.2 Å². The molecule has 3 rings (SSSR count). The van der Waals surface area contributed by atoms with Gasteiger partial charge in [0, 0.05) is 0 Å². The lowest BCUT2D eigenvalue weighted by atomic mass is 10.0. The molecule has 2 aromatic rings. The van der Waals surface area contributed by atoms with Crippen LogP contribution in [0.2, 0.25) is 0 Å². The number of carbonyl (C=O) groups is 2. The van der Waals surface area contributed by atoms with Crippen LogP contribution in [0.1, 0.15) is 11.1 Å². The first-order chi connectivity index (χ1) is 12.5. The third-order valence-electron chi connectivity index (χ3n) is 3.83. The molecule has 0 saturated carbocycles. The van der Waals surface area contributed by atoms with Crippen LogP contribution in [0.15, 0.2) is 59.5 Å². The predicted octanol–water partition coefficient (Wildman–Crippen LogP) is 2.39. The number of nitrogens with zero attached hydrogens (tertiary/aromatic N) is 1. The number of thiocarbonyl (C=S) groups is 1. The topological polar surface area (TPSA) is 60.4 Å². The van der Waals surface area contributed by atoms with Crippen molar-refractivity contribution in [2.75, 3.05) is 0 Å². The minimum Gasteiger partial charge on any atom is -0.548 e. The minimum atomic E-state index is -1.38. The van der Waals surface area contributed by atoms with Crippen LogP contribution in [-0.4, -0.2) is 27.1 Å². The Hall–Kier alpha value is -2.51. The van der Waals surface area contributed by atoms with Gasteiger partial charge in [0.1, 0.15) is 10.1 Å². The average Bonchev–Trinajstić information content (AvgIpc) is 2.87. The van der Waals surface area contributed by atoms with E-state index in [1.54, 1.807) is 30.3 Å². The zero-order valence-electron chi connectivity index (χ0n) is 13.4. The number of hydrogen-bond donors (Lipinski definition) is 0. The van der Waals surface area contributed by atoms with Gasteiger partial charge in [0.2, 0.25) is 0 Å². The van der Waals surface area contributed by atoms with Crippen molar-refractivity contribution >= 4 is 46.3 Å². The first-order valence-electron chi connectivity index (χ1n) is 7.73. The van der Waals surface area contributed by atoms with Crippen LogP contribution < -0.4 is 5.11 Å². The van der Waals surface area contributed by atoms with Crippen LogP contribution in [0.4, 0.5) is 4.39 Å². The van der Waals surface area contributed by atoms with Crippen LogP contribution in [0.25, 0.3) is 6.08 Å². The Bertz CT molecular complexity index is 899. The monoisotopic (exact) mass is 386 g/mol. The van der Waals surface area contributed by atoms with Crippen molar-refractivity contribution in [2.45, 2.75) is 12.5 Å². The fraction of sp³-hybridized carbons (Fsp3) is 0.105. The largest absolute Gasteiger partial charge is 0.548 e. The summed E-state index contributed by atoms with van der Waals surface area (Å²) in [5, 5.41) is 11.6. The van der Waals surface area contributed by atoms with Gasteiger partial charge in [-0.05, 0) is 35.8 Å². The van der Waals surface area contributed by atoms with Crippen LogP contribution in [0.3, 0.4) is 0 Å². The molecule has 7 heteroatoms. The van der Waals surface area contributed by atoms with Crippen molar-refractivity contribution in [3.63, 3.8) is 0 Å². The highest BCUT2D eigenvalue weighted by molar-refractivity contribution is 8.26. The Morgan fingerprint density at radius 2 is 1.96 bits per heavy atom. The molecular formula is C19H13FNO3S2-. The third kappa shape index (κ3) is 4.00. The molecule has 1 amide bonds. The van der Waals surface area contributed by atoms with Gasteiger partial charge >= 0.3 is 0 Å². The van der Waals surface area contributed by atoms with Crippen LogP contribution in [-0.2, 0) is 16.0 Å². The highest BCUT2D eigenvalue weighted by Gasteiger charge is 2.37. The number of amides is 1. The normalized spacial score (nSPS) is 17.0. The number of rotatable bonds is 5. The van der Waals surface area contributed by atoms with E-state index in [-0.39, 0.29) is 15.6 Å². The van der Waals surface area contributed by atoms with Crippen LogP contribution in [0, 0.1) is 5.82 Å². The maximum absolute atomic E-state index is 13.3. The zero-order chi connectivity index (χ0) is 18.7. The van der Waals surface area contributed by atoms with Crippen molar-refractivity contribution < 1.29 is 19.1 Å². The number of hydrogen-bond acceptors (Lipinski definition) is 5. The van der Waals surface area contributed by atoms with Gasteiger partial charge in [0.15, 0.2) is 0 Å². The Balaban J connectivity index is 1.88. The van der Waals surface area contributed by atoms with Crippen molar-refractivity contribution in [3.8, 4) is 0 Å². The van der Waals surface area contributed by atoms with E-state index in [1.165, 1.54) is 24.3 Å². The third-order valence-corrected chi connectivity index (χ3v) is 5.16. The first kappa shape index (κ1) is 18.3. The molecule has 0 unspecified atom stereocenters. The SMILES string of the molecule is O=C([O-])[C@@H](Cc1ccccc1)N1C(=O)/C(=C/c2cccc(F)c2)SC1=S. The molecule has 0 spiro atoms. The standard InChI is InChI=1S/C19H14FNO3S2/c20-14-8-4-7-13(9-14)11-16-17(22)21(19(25)26-16)15(18(23)24)10-12-5-2-1-3-6-12/h1-9,11,15H,10H2,(H,23,24)/p-1/b16-11-/t15-/m1/s1. The van der Waals surface area contributed by atoms with Gasteiger partial charge in [-0.15, -0.1) is 0 Å². The maximum atomic E-state index is 13.3. The number of carbonyl (C=O) groups excluding carboxylic acids is 2. The van der Waals surface area contributed by atoms with E-state index in [0.717, 1.165) is 22.2 Å². The predicted molar refractivity (Wildman–Crippen MR) is 100 cm³/mol. The van der Waals surface area contributed by atoms with E-state index in [0.29, 0.717) is 5.56 Å². The fourth-order valence-corrected chi connectivity index (χ4v) is 3.97. The highest BCUT2D eigenvalue weighted by Crippen LogP contribution is 2.34. The molecule has 0 radical (unpaired) electrons. The molecule has 1 atom stereocenters. The number of thioether (sulfide) groups is 1. The van der Waals surface area contributed by atoms with Gasteiger partial charge in [-0.3, -0.25) is 9.69 Å². The Morgan fingerprint density at radius 3 is 2.62 bits per heavy atom. The molecule has 1 saturated heterocycles. The number of aliphatic carboxylic acids is 1. The summed E-state index contributed by atoms with van der Waals surface area (Å²) < 4.78 is 13.5. The van der Waals surface area contributed by atoms with Gasteiger partial charge in [-0.1, -0.05) is 66.4 Å². The van der Waals surface area contributed by atoms with Crippen molar-refractivity contribution in [2.24, 2.45) is 0 Å². The van der Waals surface area contributed by atoms with Crippen LogP contribution >= 0.6 is 24.0 Å². The number of carboxylic acid groups (broad SMARTS) is 1. The molecule has 0 aliphatic carbocycles. The molecule has 0 aromatic heterocycles. The second kappa shape index (κ2) is 7.80. The molecule has 26 heavy (non-hydrogen) atoms. The summed E-state index contributed by atoms with van der Waals surface area (Å²) in [7, 11) is 0. The average molecular weight is 386 g/mol. The Labute approximate surface area is 159 Å². The lowest BCUT2D eigenvalue weighted by Crippen LogP contribution is -2.51. The molecule has 2 aromatic carbocycles.